The number of fused-ring (bicyclic) bond motifs is 1. The molecule has 3 heteroatoms. The van der Waals surface area contributed by atoms with E-state index in [0.29, 0.717) is 18.1 Å². The molecule has 3 nitrogen and oxygen atoms in total. The number of hydrogen-bond acceptors (Lipinski definition) is 3. The van der Waals surface area contributed by atoms with Gasteiger partial charge in [0.25, 0.3) is 0 Å². The van der Waals surface area contributed by atoms with Crippen molar-refractivity contribution in [3.8, 4) is 0 Å². The van der Waals surface area contributed by atoms with Crippen LogP contribution in [-0.2, 0) is 11.2 Å². The minimum absolute atomic E-state index is 0.317. The average Bonchev–Trinajstić information content (AvgIpc) is 2.93. The van der Waals surface area contributed by atoms with Crippen LogP contribution in [0.25, 0.3) is 10.9 Å². The van der Waals surface area contributed by atoms with Crippen molar-refractivity contribution in [2.45, 2.75) is 38.8 Å². The van der Waals surface area contributed by atoms with Gasteiger partial charge in [-0.25, -0.2) is 0 Å². The van der Waals surface area contributed by atoms with Gasteiger partial charge in [0.05, 0.1) is 11.6 Å². The number of likely N-dealkylation sites (N-methyl/N-ethyl adjacent to an activating group) is 1. The van der Waals surface area contributed by atoms with Crippen LogP contribution >= 0.6 is 0 Å². The number of aromatic nitrogens is 1. The summed E-state index contributed by atoms with van der Waals surface area (Å²) in [5.41, 5.74) is 2.43. The molecule has 0 spiro atoms. The van der Waals surface area contributed by atoms with Crippen molar-refractivity contribution >= 4 is 10.9 Å². The maximum atomic E-state index is 5.99. The van der Waals surface area contributed by atoms with E-state index in [2.05, 4.69) is 48.4 Å². The number of rotatable bonds is 5. The summed E-state index contributed by atoms with van der Waals surface area (Å²) < 4.78 is 5.99. The quantitative estimate of drug-likeness (QED) is 0.915. The van der Waals surface area contributed by atoms with Crippen molar-refractivity contribution < 1.29 is 4.74 Å². The van der Waals surface area contributed by atoms with E-state index < -0.39 is 0 Å². The Balaban J connectivity index is 1.87. The van der Waals surface area contributed by atoms with Crippen molar-refractivity contribution in [2.75, 3.05) is 13.2 Å². The fourth-order valence-corrected chi connectivity index (χ4v) is 3.37. The van der Waals surface area contributed by atoms with E-state index in [0.717, 1.165) is 25.1 Å². The number of nitrogens with one attached hydrogen (secondary N) is 1. The number of hydrogen-bond donors (Lipinski definition) is 1. The van der Waals surface area contributed by atoms with Gasteiger partial charge in [0, 0.05) is 24.2 Å². The molecule has 0 amide bonds. The predicted molar refractivity (Wildman–Crippen MR) is 86.4 cm³/mol. The monoisotopic (exact) mass is 284 g/mol. The van der Waals surface area contributed by atoms with Gasteiger partial charge in [0.15, 0.2) is 0 Å². The van der Waals surface area contributed by atoms with E-state index in [4.69, 9.17) is 4.74 Å². The van der Waals surface area contributed by atoms with Crippen LogP contribution in [0.1, 0.15) is 25.8 Å². The topological polar surface area (TPSA) is 34.2 Å². The first-order valence-electron chi connectivity index (χ1n) is 7.97. The third-order valence-corrected chi connectivity index (χ3v) is 4.49. The summed E-state index contributed by atoms with van der Waals surface area (Å²) in [4.78, 5) is 4.46. The summed E-state index contributed by atoms with van der Waals surface area (Å²) in [7, 11) is 0. The number of para-hydroxylation sites is 1. The van der Waals surface area contributed by atoms with E-state index in [1.807, 2.05) is 12.3 Å². The molecule has 21 heavy (non-hydrogen) atoms. The Hall–Kier alpha value is -1.45. The van der Waals surface area contributed by atoms with Crippen LogP contribution in [-0.4, -0.2) is 30.3 Å². The molecule has 0 aliphatic carbocycles. The van der Waals surface area contributed by atoms with Crippen LogP contribution in [0.4, 0.5) is 0 Å². The highest BCUT2D eigenvalue weighted by molar-refractivity contribution is 5.81. The van der Waals surface area contributed by atoms with Gasteiger partial charge in [-0.05, 0) is 43.0 Å². The Labute approximate surface area is 126 Å². The molecule has 3 rings (SSSR count). The molecule has 0 saturated carbocycles. The zero-order valence-corrected chi connectivity index (χ0v) is 12.9. The first-order valence-corrected chi connectivity index (χ1v) is 7.97. The number of nitrogens with zero attached hydrogens (tertiary/aromatic N) is 1. The normalized spacial score (nSPS) is 23.5. The van der Waals surface area contributed by atoms with E-state index in [1.165, 1.54) is 17.4 Å². The summed E-state index contributed by atoms with van der Waals surface area (Å²) >= 11 is 0. The smallest absolute Gasteiger partial charge is 0.0757 e. The van der Waals surface area contributed by atoms with Crippen LogP contribution in [0, 0.1) is 5.92 Å². The van der Waals surface area contributed by atoms with Gasteiger partial charge >= 0.3 is 0 Å². The van der Waals surface area contributed by atoms with Gasteiger partial charge < -0.3 is 10.1 Å². The number of benzene rings is 1. The van der Waals surface area contributed by atoms with Crippen molar-refractivity contribution in [3.63, 3.8) is 0 Å². The minimum atomic E-state index is 0.317. The molecule has 1 fully saturated rings. The molecule has 2 aromatic rings. The van der Waals surface area contributed by atoms with E-state index in [-0.39, 0.29) is 0 Å². The van der Waals surface area contributed by atoms with Gasteiger partial charge in [-0.2, -0.15) is 0 Å². The maximum Gasteiger partial charge on any atom is 0.0757 e. The highest BCUT2D eigenvalue weighted by atomic mass is 16.5. The lowest BCUT2D eigenvalue weighted by Gasteiger charge is -2.27. The zero-order chi connectivity index (χ0) is 14.7. The van der Waals surface area contributed by atoms with Gasteiger partial charge in [-0.15, -0.1) is 0 Å². The molecule has 1 saturated heterocycles. The second kappa shape index (κ2) is 6.54. The SMILES string of the molecule is CCNC(Cc1ccnc2ccccc12)C1OCCC1C. The number of ether oxygens (including phenoxy) is 1. The Kier molecular flexibility index (Phi) is 4.51. The molecule has 1 aliphatic heterocycles. The fraction of sp³-hybridized carbons (Fsp3) is 0.500. The van der Waals surface area contributed by atoms with Crippen molar-refractivity contribution in [2.24, 2.45) is 5.92 Å². The molecule has 3 atom stereocenters. The van der Waals surface area contributed by atoms with Crippen LogP contribution in [0.5, 0.6) is 0 Å². The Morgan fingerprint density at radius 1 is 1.33 bits per heavy atom. The second-order valence-corrected chi connectivity index (χ2v) is 5.96. The van der Waals surface area contributed by atoms with Crippen LogP contribution < -0.4 is 5.32 Å². The predicted octanol–water partition coefficient (Wildman–Crippen LogP) is 3.18. The largest absolute Gasteiger partial charge is 0.376 e. The number of pyridine rings is 1. The highest BCUT2D eigenvalue weighted by Crippen LogP contribution is 2.26. The van der Waals surface area contributed by atoms with Gasteiger partial charge in [0.1, 0.15) is 0 Å². The minimum Gasteiger partial charge on any atom is -0.376 e. The van der Waals surface area contributed by atoms with Crippen LogP contribution in [0.15, 0.2) is 36.5 Å². The maximum absolute atomic E-state index is 5.99. The summed E-state index contributed by atoms with van der Waals surface area (Å²) in [5, 5.41) is 4.88. The third-order valence-electron chi connectivity index (χ3n) is 4.49. The lowest BCUT2D eigenvalue weighted by molar-refractivity contribution is 0.0616. The fourth-order valence-electron chi connectivity index (χ4n) is 3.37. The molecular formula is C18H24N2O. The Morgan fingerprint density at radius 2 is 2.19 bits per heavy atom. The first kappa shape index (κ1) is 14.5. The van der Waals surface area contributed by atoms with Crippen molar-refractivity contribution in [1.82, 2.24) is 10.3 Å². The van der Waals surface area contributed by atoms with Crippen molar-refractivity contribution in [1.29, 1.82) is 0 Å². The molecule has 112 valence electrons. The summed E-state index contributed by atoms with van der Waals surface area (Å²) in [6.45, 7) is 6.33. The standard InChI is InChI=1S/C18H24N2O/c1-3-19-17(18-13(2)9-11-21-18)12-14-8-10-20-16-7-5-4-6-15(14)16/h4-8,10,13,17-19H,3,9,11-12H2,1-2H3. The molecule has 1 aromatic carbocycles. The third kappa shape index (κ3) is 3.09. The zero-order valence-electron chi connectivity index (χ0n) is 12.9. The van der Waals surface area contributed by atoms with Crippen LogP contribution in [0.3, 0.4) is 0 Å². The van der Waals surface area contributed by atoms with E-state index in [9.17, 15) is 0 Å². The Bertz CT molecular complexity index is 593. The van der Waals surface area contributed by atoms with Gasteiger partial charge in [-0.3, -0.25) is 4.98 Å². The van der Waals surface area contributed by atoms with Gasteiger partial charge in [0.2, 0.25) is 0 Å². The summed E-state index contributed by atoms with van der Waals surface area (Å²) in [6, 6.07) is 10.9. The Morgan fingerprint density at radius 3 is 2.95 bits per heavy atom. The average molecular weight is 284 g/mol. The molecule has 3 unspecified atom stereocenters. The van der Waals surface area contributed by atoms with Gasteiger partial charge in [-0.1, -0.05) is 32.0 Å². The molecule has 1 aromatic heterocycles. The molecule has 1 N–H and O–H groups in total. The van der Waals surface area contributed by atoms with Crippen molar-refractivity contribution in [3.05, 3.63) is 42.1 Å². The molecular weight excluding hydrogens is 260 g/mol. The molecule has 2 heterocycles. The van der Waals surface area contributed by atoms with E-state index in [1.54, 1.807) is 0 Å². The second-order valence-electron chi connectivity index (χ2n) is 5.96. The summed E-state index contributed by atoms with van der Waals surface area (Å²) in [5.74, 6) is 0.627. The lowest BCUT2D eigenvalue weighted by Crippen LogP contribution is -2.43. The van der Waals surface area contributed by atoms with E-state index >= 15 is 0 Å². The van der Waals surface area contributed by atoms with Crippen LogP contribution in [0.2, 0.25) is 0 Å². The molecule has 1 aliphatic rings. The summed E-state index contributed by atoms with van der Waals surface area (Å²) in [6.07, 6.45) is 4.40. The highest BCUT2D eigenvalue weighted by Gasteiger charge is 2.31. The molecule has 0 bridgehead atoms. The molecule has 0 radical (unpaired) electrons. The lowest BCUT2D eigenvalue weighted by atomic mass is 9.92. The first-order chi connectivity index (χ1) is 10.3.